The summed E-state index contributed by atoms with van der Waals surface area (Å²) in [4.78, 5) is 10.9. The summed E-state index contributed by atoms with van der Waals surface area (Å²) in [7, 11) is 0. The van der Waals surface area contributed by atoms with Gasteiger partial charge in [-0.25, -0.2) is 0 Å². The Morgan fingerprint density at radius 1 is 1.60 bits per heavy atom. The summed E-state index contributed by atoms with van der Waals surface area (Å²) in [5, 5.41) is 9.64. The third-order valence-corrected chi connectivity index (χ3v) is 3.05. The Hall–Kier alpha value is -0.890. The molecular weight excluding hydrogens is 188 g/mol. The van der Waals surface area contributed by atoms with Gasteiger partial charge in [0.1, 0.15) is 0 Å². The lowest BCUT2D eigenvalue weighted by molar-refractivity contribution is -0.112. The van der Waals surface area contributed by atoms with Gasteiger partial charge in [0.2, 0.25) is 0 Å². The van der Waals surface area contributed by atoms with Gasteiger partial charge in [0.25, 0.3) is 0 Å². The van der Waals surface area contributed by atoms with E-state index in [0.29, 0.717) is 0 Å². The number of carbonyl (C=O) groups excluding carboxylic acids is 1. The maximum atomic E-state index is 10.9. The molecular formula is C13H20O2. The molecule has 0 bridgehead atoms. The molecule has 1 N–H and O–H groups in total. The van der Waals surface area contributed by atoms with E-state index < -0.39 is 0 Å². The first-order chi connectivity index (χ1) is 6.83. The van der Waals surface area contributed by atoms with Crippen molar-refractivity contribution in [2.24, 2.45) is 11.3 Å². The molecule has 0 fully saturated rings. The molecule has 0 saturated heterocycles. The second-order valence-electron chi connectivity index (χ2n) is 5.12. The van der Waals surface area contributed by atoms with Gasteiger partial charge < -0.3 is 5.11 Å². The van der Waals surface area contributed by atoms with Gasteiger partial charge in [-0.2, -0.15) is 0 Å². The van der Waals surface area contributed by atoms with Crippen molar-refractivity contribution in [3.63, 3.8) is 0 Å². The summed E-state index contributed by atoms with van der Waals surface area (Å²) in [6.45, 7) is 7.82. The average Bonchev–Trinajstić information content (AvgIpc) is 1.98. The maximum Gasteiger partial charge on any atom is 0.152 e. The number of aliphatic hydroxyl groups excluding tert-OH is 1. The van der Waals surface area contributed by atoms with Gasteiger partial charge in [-0.05, 0) is 31.8 Å². The number of aliphatic hydroxyl groups is 1. The van der Waals surface area contributed by atoms with Crippen molar-refractivity contribution < 1.29 is 9.90 Å². The number of ketones is 1. The predicted octanol–water partition coefficient (Wildman–Crippen LogP) is 2.48. The Bertz CT molecular complexity index is 310. The van der Waals surface area contributed by atoms with Gasteiger partial charge in [-0.15, -0.1) is 0 Å². The van der Waals surface area contributed by atoms with Crippen molar-refractivity contribution in [1.29, 1.82) is 0 Å². The minimum absolute atomic E-state index is 0.0181. The topological polar surface area (TPSA) is 37.3 Å². The summed E-state index contributed by atoms with van der Waals surface area (Å²) in [6.07, 6.45) is 5.88. The zero-order valence-electron chi connectivity index (χ0n) is 9.95. The fourth-order valence-electron chi connectivity index (χ4n) is 2.39. The molecule has 1 aliphatic rings. The van der Waals surface area contributed by atoms with Crippen molar-refractivity contribution in [1.82, 2.24) is 0 Å². The number of carbonyl (C=O) groups is 1. The number of hydrogen-bond acceptors (Lipinski definition) is 2. The molecule has 1 aliphatic carbocycles. The molecule has 1 rings (SSSR count). The van der Waals surface area contributed by atoms with Crippen LogP contribution in [0.25, 0.3) is 0 Å². The molecule has 2 atom stereocenters. The summed E-state index contributed by atoms with van der Waals surface area (Å²) in [5.74, 6) is 0.328. The van der Waals surface area contributed by atoms with E-state index >= 15 is 0 Å². The zero-order valence-corrected chi connectivity index (χ0v) is 9.95. The standard InChI is InChI=1S/C13H20O2/c1-9-7-11(15)8-13(3,4)12(9)6-5-10(2)14/h5-7,11-12,15H,8H2,1-4H3/b6-5+/t11-,12-/m1/s1. The second-order valence-corrected chi connectivity index (χ2v) is 5.12. The first-order valence-electron chi connectivity index (χ1n) is 5.38. The Morgan fingerprint density at radius 2 is 2.20 bits per heavy atom. The van der Waals surface area contributed by atoms with Crippen LogP contribution in [-0.2, 0) is 4.79 Å². The van der Waals surface area contributed by atoms with E-state index in [1.165, 1.54) is 0 Å². The Morgan fingerprint density at radius 3 is 2.67 bits per heavy atom. The van der Waals surface area contributed by atoms with E-state index in [-0.39, 0.29) is 23.2 Å². The molecule has 0 spiro atoms. The van der Waals surface area contributed by atoms with Crippen LogP contribution in [-0.4, -0.2) is 17.0 Å². The third-order valence-electron chi connectivity index (χ3n) is 3.05. The monoisotopic (exact) mass is 208 g/mol. The molecule has 84 valence electrons. The highest BCUT2D eigenvalue weighted by Gasteiger charge is 2.34. The third kappa shape index (κ3) is 3.03. The van der Waals surface area contributed by atoms with Crippen LogP contribution in [0.5, 0.6) is 0 Å². The molecule has 2 heteroatoms. The Kier molecular flexibility index (Phi) is 3.50. The van der Waals surface area contributed by atoms with Crippen LogP contribution in [0.2, 0.25) is 0 Å². The number of allylic oxidation sites excluding steroid dienone is 3. The Balaban J connectivity index is 2.94. The van der Waals surface area contributed by atoms with Crippen molar-refractivity contribution in [3.8, 4) is 0 Å². The van der Waals surface area contributed by atoms with Crippen LogP contribution in [0.4, 0.5) is 0 Å². The average molecular weight is 208 g/mol. The van der Waals surface area contributed by atoms with Crippen LogP contribution < -0.4 is 0 Å². The van der Waals surface area contributed by atoms with Crippen LogP contribution >= 0.6 is 0 Å². The molecule has 0 unspecified atom stereocenters. The van der Waals surface area contributed by atoms with E-state index in [9.17, 15) is 9.90 Å². The maximum absolute atomic E-state index is 10.9. The Labute approximate surface area is 91.7 Å². The molecule has 0 aromatic carbocycles. The van der Waals surface area contributed by atoms with E-state index in [1.54, 1.807) is 13.0 Å². The summed E-state index contributed by atoms with van der Waals surface area (Å²) in [5.41, 5.74) is 1.17. The minimum atomic E-state index is -0.345. The number of rotatable bonds is 2. The molecule has 0 radical (unpaired) electrons. The lowest BCUT2D eigenvalue weighted by Gasteiger charge is -2.38. The van der Waals surface area contributed by atoms with Gasteiger partial charge in [0.05, 0.1) is 6.10 Å². The quantitative estimate of drug-likeness (QED) is 0.559. The molecule has 0 aromatic heterocycles. The molecule has 0 saturated carbocycles. The fraction of sp³-hybridized carbons (Fsp3) is 0.615. The van der Waals surface area contributed by atoms with E-state index in [4.69, 9.17) is 0 Å². The van der Waals surface area contributed by atoms with Crippen molar-refractivity contribution in [3.05, 3.63) is 23.8 Å². The normalized spacial score (nSPS) is 30.3. The lowest BCUT2D eigenvalue weighted by atomic mass is 9.68. The highest BCUT2D eigenvalue weighted by atomic mass is 16.3. The van der Waals surface area contributed by atoms with Gasteiger partial charge in [-0.3, -0.25) is 4.79 Å². The fourth-order valence-corrected chi connectivity index (χ4v) is 2.39. The van der Waals surface area contributed by atoms with Gasteiger partial charge >= 0.3 is 0 Å². The molecule has 0 aliphatic heterocycles. The van der Waals surface area contributed by atoms with Gasteiger partial charge in [-0.1, -0.05) is 31.6 Å². The smallest absolute Gasteiger partial charge is 0.152 e. The summed E-state index contributed by atoms with van der Waals surface area (Å²) in [6, 6.07) is 0. The van der Waals surface area contributed by atoms with Gasteiger partial charge in [0, 0.05) is 5.92 Å². The van der Waals surface area contributed by atoms with Crippen molar-refractivity contribution >= 4 is 5.78 Å². The summed E-state index contributed by atoms with van der Waals surface area (Å²) < 4.78 is 0. The molecule has 15 heavy (non-hydrogen) atoms. The first kappa shape index (κ1) is 12.2. The first-order valence-corrected chi connectivity index (χ1v) is 5.38. The van der Waals surface area contributed by atoms with E-state index in [2.05, 4.69) is 13.8 Å². The largest absolute Gasteiger partial charge is 0.389 e. The summed E-state index contributed by atoms with van der Waals surface area (Å²) >= 11 is 0. The van der Waals surface area contributed by atoms with E-state index in [1.807, 2.05) is 19.1 Å². The van der Waals surface area contributed by atoms with E-state index in [0.717, 1.165) is 12.0 Å². The van der Waals surface area contributed by atoms with Crippen LogP contribution in [0.3, 0.4) is 0 Å². The van der Waals surface area contributed by atoms with Crippen LogP contribution in [0, 0.1) is 11.3 Å². The molecule has 0 amide bonds. The second kappa shape index (κ2) is 4.31. The minimum Gasteiger partial charge on any atom is -0.389 e. The zero-order chi connectivity index (χ0) is 11.6. The predicted molar refractivity (Wildman–Crippen MR) is 61.5 cm³/mol. The SMILES string of the molecule is CC(=O)/C=C/[C@@H]1C(C)=C[C@@H](O)CC1(C)C. The number of hydrogen-bond donors (Lipinski definition) is 1. The highest BCUT2D eigenvalue weighted by Crippen LogP contribution is 2.41. The highest BCUT2D eigenvalue weighted by molar-refractivity contribution is 5.87. The molecule has 0 heterocycles. The molecule has 2 nitrogen and oxygen atoms in total. The van der Waals surface area contributed by atoms with Crippen LogP contribution in [0.1, 0.15) is 34.1 Å². The van der Waals surface area contributed by atoms with Crippen molar-refractivity contribution in [2.75, 3.05) is 0 Å². The van der Waals surface area contributed by atoms with Gasteiger partial charge in [0.15, 0.2) is 5.78 Å². The lowest BCUT2D eigenvalue weighted by Crippen LogP contribution is -2.32. The van der Waals surface area contributed by atoms with Crippen molar-refractivity contribution in [2.45, 2.75) is 40.2 Å². The van der Waals surface area contributed by atoms with Crippen LogP contribution in [0.15, 0.2) is 23.8 Å². The molecule has 0 aromatic rings.